The maximum absolute atomic E-state index is 6.10. The van der Waals surface area contributed by atoms with E-state index < -0.39 is 8.32 Å². The first-order valence-electron chi connectivity index (χ1n) is 5.00. The molecule has 0 aromatic carbocycles. The number of rotatable bonds is 3. The quantitative estimate of drug-likeness (QED) is 0.623. The summed E-state index contributed by atoms with van der Waals surface area (Å²) in [4.78, 5) is 0. The molecule has 0 aromatic rings. The van der Waals surface area contributed by atoms with Gasteiger partial charge in [0.25, 0.3) is 0 Å². The molecule has 0 unspecified atom stereocenters. The molecule has 0 N–H and O–H groups in total. The van der Waals surface area contributed by atoms with Crippen molar-refractivity contribution in [3.8, 4) is 0 Å². The van der Waals surface area contributed by atoms with Gasteiger partial charge in [0.15, 0.2) is 0 Å². The van der Waals surface area contributed by atoms with Gasteiger partial charge in [0, 0.05) is 6.42 Å². The highest BCUT2D eigenvalue weighted by atomic mass is 28.4. The molecule has 1 nitrogen and oxygen atoms in total. The zero-order chi connectivity index (χ0) is 10.1. The highest BCUT2D eigenvalue weighted by Crippen LogP contribution is 2.29. The van der Waals surface area contributed by atoms with E-state index in [1.54, 1.807) is 0 Å². The monoisotopic (exact) mass is 196 g/mol. The Bertz CT molecular complexity index is 261. The molecule has 0 bridgehead atoms. The summed E-state index contributed by atoms with van der Waals surface area (Å²) >= 11 is 0. The average Bonchev–Trinajstić information content (AvgIpc) is 2.30. The molecule has 0 fully saturated rings. The summed E-state index contributed by atoms with van der Waals surface area (Å²) in [5.74, 6) is 1.22. The zero-order valence-electron chi connectivity index (χ0n) is 9.40. The first-order chi connectivity index (χ1) is 5.94. The Morgan fingerprint density at radius 1 is 1.38 bits per heavy atom. The summed E-state index contributed by atoms with van der Waals surface area (Å²) in [6.45, 7) is 11.1. The zero-order valence-corrected chi connectivity index (χ0v) is 10.4. The molecule has 0 saturated carbocycles. The number of hydrogen-bond donors (Lipinski definition) is 0. The lowest BCUT2D eigenvalue weighted by molar-refractivity contribution is 0.403. The molecule has 0 aromatic heterocycles. The molecule has 74 valence electrons. The largest absolute Gasteiger partial charge is 0.547 e. The summed E-state index contributed by atoms with van der Waals surface area (Å²) in [6, 6.07) is 1.18. The molecule has 0 heterocycles. The third-order valence-electron chi connectivity index (χ3n) is 2.59. The van der Waals surface area contributed by atoms with E-state index in [2.05, 4.69) is 39.9 Å². The molecular formula is C11H20OSi. The fourth-order valence-corrected chi connectivity index (χ4v) is 2.46. The molecule has 0 amide bonds. The summed E-state index contributed by atoms with van der Waals surface area (Å²) in [6.07, 6.45) is 3.26. The van der Waals surface area contributed by atoms with E-state index in [4.69, 9.17) is 4.43 Å². The molecule has 1 aliphatic carbocycles. The van der Waals surface area contributed by atoms with E-state index in [1.165, 1.54) is 22.9 Å². The summed E-state index contributed by atoms with van der Waals surface area (Å²) in [5, 5.41) is 0. The van der Waals surface area contributed by atoms with Crippen molar-refractivity contribution >= 4 is 8.32 Å². The van der Waals surface area contributed by atoms with E-state index in [0.29, 0.717) is 0 Å². The van der Waals surface area contributed by atoms with Gasteiger partial charge in [-0.3, -0.25) is 0 Å². The third-order valence-corrected chi connectivity index (χ3v) is 5.09. The summed E-state index contributed by atoms with van der Waals surface area (Å²) in [5.41, 5.74) is 2.75. The van der Waals surface area contributed by atoms with Crippen molar-refractivity contribution in [3.63, 3.8) is 0 Å². The summed E-state index contributed by atoms with van der Waals surface area (Å²) < 4.78 is 6.10. The number of allylic oxidation sites excluding steroid dienone is 3. The fourth-order valence-electron chi connectivity index (χ4n) is 1.42. The van der Waals surface area contributed by atoms with E-state index in [9.17, 15) is 0 Å². The van der Waals surface area contributed by atoms with E-state index in [-0.39, 0.29) is 0 Å². The first kappa shape index (κ1) is 10.6. The van der Waals surface area contributed by atoms with Gasteiger partial charge >= 0.3 is 0 Å². The van der Waals surface area contributed by atoms with E-state index in [1.807, 2.05) is 0 Å². The smallest absolute Gasteiger partial charge is 0.244 e. The minimum absolute atomic E-state index is 1.03. The Morgan fingerprint density at radius 3 is 2.38 bits per heavy atom. The van der Waals surface area contributed by atoms with Crippen LogP contribution in [0.15, 0.2) is 23.0 Å². The molecule has 0 saturated heterocycles. The van der Waals surface area contributed by atoms with Gasteiger partial charge < -0.3 is 4.43 Å². The van der Waals surface area contributed by atoms with Crippen LogP contribution in [-0.4, -0.2) is 8.32 Å². The van der Waals surface area contributed by atoms with Crippen LogP contribution in [-0.2, 0) is 4.43 Å². The van der Waals surface area contributed by atoms with Gasteiger partial charge in [-0.05, 0) is 38.6 Å². The molecule has 0 spiro atoms. The second-order valence-electron chi connectivity index (χ2n) is 4.49. The van der Waals surface area contributed by atoms with Gasteiger partial charge in [0.1, 0.15) is 0 Å². The lowest BCUT2D eigenvalue weighted by Crippen LogP contribution is -2.28. The minimum atomic E-state index is -1.40. The Hall–Kier alpha value is -0.503. The molecule has 13 heavy (non-hydrogen) atoms. The molecule has 0 atom stereocenters. The van der Waals surface area contributed by atoms with Crippen LogP contribution >= 0.6 is 0 Å². The van der Waals surface area contributed by atoms with Crippen LogP contribution in [0.25, 0.3) is 0 Å². The van der Waals surface area contributed by atoms with Crippen LogP contribution < -0.4 is 0 Å². The molecular weight excluding hydrogens is 176 g/mol. The maximum Gasteiger partial charge on any atom is 0.244 e. The Morgan fingerprint density at radius 2 is 2.00 bits per heavy atom. The van der Waals surface area contributed by atoms with Crippen molar-refractivity contribution in [1.29, 1.82) is 0 Å². The lowest BCUT2D eigenvalue weighted by atomic mass is 10.3. The van der Waals surface area contributed by atoms with Crippen LogP contribution in [0.4, 0.5) is 0 Å². The van der Waals surface area contributed by atoms with Crippen LogP contribution in [0.3, 0.4) is 0 Å². The van der Waals surface area contributed by atoms with Crippen LogP contribution in [0.2, 0.25) is 19.1 Å². The molecule has 1 rings (SSSR count). The highest BCUT2D eigenvalue weighted by Gasteiger charge is 2.24. The van der Waals surface area contributed by atoms with Crippen molar-refractivity contribution in [2.45, 2.75) is 46.3 Å². The lowest BCUT2D eigenvalue weighted by Gasteiger charge is -2.24. The van der Waals surface area contributed by atoms with Gasteiger partial charge in [0.2, 0.25) is 8.32 Å². The van der Waals surface area contributed by atoms with Crippen LogP contribution in [0.1, 0.15) is 27.2 Å². The van der Waals surface area contributed by atoms with E-state index in [0.717, 1.165) is 6.42 Å². The van der Waals surface area contributed by atoms with E-state index >= 15 is 0 Å². The van der Waals surface area contributed by atoms with Gasteiger partial charge in [-0.25, -0.2) is 0 Å². The van der Waals surface area contributed by atoms with Crippen molar-refractivity contribution < 1.29 is 4.43 Å². The normalized spacial score (nSPS) is 17.8. The van der Waals surface area contributed by atoms with Crippen molar-refractivity contribution in [2.24, 2.45) is 0 Å². The predicted molar refractivity (Wildman–Crippen MR) is 60.1 cm³/mol. The van der Waals surface area contributed by atoms with Gasteiger partial charge in [0.05, 0.1) is 5.76 Å². The van der Waals surface area contributed by atoms with Crippen LogP contribution in [0, 0.1) is 0 Å². The first-order valence-corrected chi connectivity index (χ1v) is 8.12. The summed E-state index contributed by atoms with van der Waals surface area (Å²) in [7, 11) is -1.40. The Balaban J connectivity index is 2.63. The van der Waals surface area contributed by atoms with Gasteiger partial charge in [-0.1, -0.05) is 18.6 Å². The fraction of sp³-hybridized carbons (Fsp3) is 0.636. The molecule has 2 heteroatoms. The third kappa shape index (κ3) is 2.73. The maximum atomic E-state index is 6.10. The standard InChI is InChI=1S/C11H20OSi/c1-6-13(4,5)12-11-8-9(2)7-10(11)3/h7H,6,8H2,1-5H3. The topological polar surface area (TPSA) is 9.23 Å². The van der Waals surface area contributed by atoms with Crippen LogP contribution in [0.5, 0.6) is 0 Å². The second-order valence-corrected chi connectivity index (χ2v) is 8.92. The SMILES string of the molecule is CC[Si](C)(C)OC1=C(C)C=C(C)C1. The number of hydrogen-bond acceptors (Lipinski definition) is 1. The van der Waals surface area contributed by atoms with Crippen molar-refractivity contribution in [3.05, 3.63) is 23.0 Å². The highest BCUT2D eigenvalue weighted by molar-refractivity contribution is 6.71. The molecule has 1 aliphatic rings. The molecule has 0 aliphatic heterocycles. The Labute approximate surface area is 82.6 Å². The average molecular weight is 196 g/mol. The minimum Gasteiger partial charge on any atom is -0.547 e. The Kier molecular flexibility index (Phi) is 3.01. The van der Waals surface area contributed by atoms with Crippen molar-refractivity contribution in [1.82, 2.24) is 0 Å². The van der Waals surface area contributed by atoms with Gasteiger partial charge in [-0.2, -0.15) is 0 Å². The predicted octanol–water partition coefficient (Wildman–Crippen LogP) is 3.85. The van der Waals surface area contributed by atoms with Gasteiger partial charge in [-0.15, -0.1) is 0 Å². The molecule has 0 radical (unpaired) electrons. The second kappa shape index (κ2) is 3.70. The van der Waals surface area contributed by atoms with Crippen molar-refractivity contribution in [2.75, 3.05) is 0 Å².